The molecular weight excluding hydrogens is 520 g/mol. The predicted octanol–water partition coefficient (Wildman–Crippen LogP) is 3.31. The third kappa shape index (κ3) is 7.26. The number of hydrazine groups is 1. The van der Waals surface area contributed by atoms with Crippen LogP contribution in [0.25, 0.3) is 0 Å². The number of halogens is 1. The number of hydrogen-bond donors (Lipinski definition) is 3. The number of likely N-dealkylation sites (tertiary alicyclic amines) is 1. The molecule has 0 radical (unpaired) electrons. The molecule has 34 heavy (non-hydrogen) atoms. The molecule has 8 nitrogen and oxygen atoms in total. The molecule has 3 N–H and O–H groups in total. The van der Waals surface area contributed by atoms with Gasteiger partial charge < -0.3 is 9.64 Å². The molecule has 0 bridgehead atoms. The first-order valence-electron chi connectivity index (χ1n) is 11.0. The molecule has 1 aliphatic rings. The minimum absolute atomic E-state index is 0.0664. The van der Waals surface area contributed by atoms with E-state index in [0.717, 1.165) is 22.9 Å². The second-order valence-corrected chi connectivity index (χ2v) is 9.22. The van der Waals surface area contributed by atoms with Crippen LogP contribution in [-0.2, 0) is 16.1 Å². The predicted molar refractivity (Wildman–Crippen MR) is 136 cm³/mol. The lowest BCUT2D eigenvalue weighted by molar-refractivity contribution is -0.129. The minimum Gasteiger partial charge on any atom is -0.493 e. The Morgan fingerprint density at radius 1 is 1.18 bits per heavy atom. The summed E-state index contributed by atoms with van der Waals surface area (Å²) in [6.07, 6.45) is 1.97. The van der Waals surface area contributed by atoms with Gasteiger partial charge >= 0.3 is 0 Å². The quantitative estimate of drug-likeness (QED) is 0.267. The Balaban J connectivity index is 1.49. The van der Waals surface area contributed by atoms with Crippen molar-refractivity contribution < 1.29 is 19.1 Å². The molecule has 1 aliphatic heterocycles. The molecule has 3 rings (SSSR count). The summed E-state index contributed by atoms with van der Waals surface area (Å²) in [4.78, 5) is 39.2. The van der Waals surface area contributed by atoms with Crippen LogP contribution >= 0.6 is 28.1 Å². The number of hydrogen-bond acceptors (Lipinski definition) is 5. The number of carbonyl (C=O) groups is 3. The van der Waals surface area contributed by atoms with Crippen LogP contribution in [0.1, 0.15) is 42.1 Å². The van der Waals surface area contributed by atoms with Gasteiger partial charge in [0.2, 0.25) is 11.8 Å². The second-order valence-electron chi connectivity index (χ2n) is 7.90. The Morgan fingerprint density at radius 3 is 2.68 bits per heavy atom. The van der Waals surface area contributed by atoms with E-state index >= 15 is 0 Å². The van der Waals surface area contributed by atoms with Gasteiger partial charge in [-0.05, 0) is 42.4 Å². The zero-order chi connectivity index (χ0) is 24.5. The molecule has 0 aromatic heterocycles. The highest BCUT2D eigenvalue weighted by atomic mass is 79.9. The number of carbonyl (C=O) groups excluding carboxylic acids is 3. The lowest BCUT2D eigenvalue weighted by atomic mass is 10.1. The van der Waals surface area contributed by atoms with Crippen LogP contribution in [0.5, 0.6) is 5.75 Å². The smallest absolute Gasteiger partial charge is 0.261 e. The van der Waals surface area contributed by atoms with Crippen molar-refractivity contribution in [3.8, 4) is 5.75 Å². The first kappa shape index (κ1) is 25.6. The highest BCUT2D eigenvalue weighted by molar-refractivity contribution is 9.10. The van der Waals surface area contributed by atoms with Gasteiger partial charge in [-0.1, -0.05) is 59.6 Å². The van der Waals surface area contributed by atoms with Gasteiger partial charge in [-0.2, -0.15) is 0 Å². The summed E-state index contributed by atoms with van der Waals surface area (Å²) < 4.78 is 6.43. The van der Waals surface area contributed by atoms with E-state index in [1.807, 2.05) is 30.3 Å². The van der Waals surface area contributed by atoms with Gasteiger partial charge in [0.25, 0.3) is 5.91 Å². The van der Waals surface area contributed by atoms with Gasteiger partial charge in [-0.15, -0.1) is 0 Å². The summed E-state index contributed by atoms with van der Waals surface area (Å²) in [5.74, 6) is -0.976. The number of thiocarbonyl (C=S) groups is 1. The van der Waals surface area contributed by atoms with Crippen molar-refractivity contribution in [2.45, 2.75) is 32.7 Å². The Bertz CT molecular complexity index is 1050. The largest absolute Gasteiger partial charge is 0.493 e. The van der Waals surface area contributed by atoms with Gasteiger partial charge in [0.1, 0.15) is 5.75 Å². The van der Waals surface area contributed by atoms with Crippen molar-refractivity contribution in [3.63, 3.8) is 0 Å². The van der Waals surface area contributed by atoms with Gasteiger partial charge in [-0.3, -0.25) is 30.6 Å². The van der Waals surface area contributed by atoms with Crippen molar-refractivity contribution in [3.05, 3.63) is 64.1 Å². The fraction of sp³-hybridized carbons (Fsp3) is 0.333. The van der Waals surface area contributed by atoms with Crippen molar-refractivity contribution >= 4 is 51.0 Å². The second kappa shape index (κ2) is 12.5. The third-order valence-electron chi connectivity index (χ3n) is 5.27. The fourth-order valence-electron chi connectivity index (χ4n) is 3.46. The number of amides is 3. The van der Waals surface area contributed by atoms with Gasteiger partial charge in [-0.25, -0.2) is 0 Å². The van der Waals surface area contributed by atoms with Crippen molar-refractivity contribution in [1.29, 1.82) is 0 Å². The maximum Gasteiger partial charge on any atom is 0.261 e. The van der Waals surface area contributed by atoms with Crippen LogP contribution in [0.15, 0.2) is 53.0 Å². The molecule has 1 atom stereocenters. The van der Waals surface area contributed by atoms with E-state index in [1.54, 1.807) is 23.1 Å². The number of ether oxygens (including phenoxy) is 1. The van der Waals surface area contributed by atoms with E-state index in [1.165, 1.54) is 0 Å². The molecule has 1 saturated heterocycles. The summed E-state index contributed by atoms with van der Waals surface area (Å²) in [6.45, 7) is 3.33. The molecule has 0 spiro atoms. The standard InChI is InChI=1S/C24H27BrN4O4S/c1-2-3-11-33-20-10-9-18(25)13-19(20)23(32)26-24(34)28-27-22(31)17-12-21(30)29(15-17)14-16-7-5-4-6-8-16/h4-10,13,17H,2-3,11-12,14-15H2,1H3,(H,27,31)(H2,26,28,32,34). The van der Waals surface area contributed by atoms with E-state index in [4.69, 9.17) is 17.0 Å². The molecular formula is C24H27BrN4O4S. The number of nitrogens with one attached hydrogen (secondary N) is 3. The zero-order valence-electron chi connectivity index (χ0n) is 18.8. The van der Waals surface area contributed by atoms with E-state index in [-0.39, 0.29) is 23.3 Å². The summed E-state index contributed by atoms with van der Waals surface area (Å²) in [7, 11) is 0. The number of unbranched alkanes of at least 4 members (excludes halogenated alkanes) is 1. The Morgan fingerprint density at radius 2 is 1.94 bits per heavy atom. The van der Waals surface area contributed by atoms with Crippen LogP contribution in [0, 0.1) is 5.92 Å². The highest BCUT2D eigenvalue weighted by Crippen LogP contribution is 2.24. The molecule has 1 fully saturated rings. The van der Waals surface area contributed by atoms with E-state index < -0.39 is 11.8 Å². The lowest BCUT2D eigenvalue weighted by Gasteiger charge is -2.17. The average Bonchev–Trinajstić information content (AvgIpc) is 3.19. The molecule has 180 valence electrons. The fourth-order valence-corrected chi connectivity index (χ4v) is 3.96. The molecule has 1 heterocycles. The van der Waals surface area contributed by atoms with Crippen LogP contribution in [-0.4, -0.2) is 40.9 Å². The molecule has 0 aliphatic carbocycles. The van der Waals surface area contributed by atoms with Crippen molar-refractivity contribution in [2.75, 3.05) is 13.2 Å². The molecule has 10 heteroatoms. The van der Waals surface area contributed by atoms with Crippen LogP contribution in [0.2, 0.25) is 0 Å². The monoisotopic (exact) mass is 546 g/mol. The minimum atomic E-state index is -0.508. The zero-order valence-corrected chi connectivity index (χ0v) is 21.2. The molecule has 1 unspecified atom stereocenters. The van der Waals surface area contributed by atoms with Gasteiger partial charge in [0.05, 0.1) is 18.1 Å². The Hall–Kier alpha value is -2.98. The summed E-state index contributed by atoms with van der Waals surface area (Å²) in [5, 5.41) is 2.47. The van der Waals surface area contributed by atoms with Gasteiger partial charge in [0, 0.05) is 24.0 Å². The molecule has 2 aromatic carbocycles. The first-order valence-corrected chi connectivity index (χ1v) is 12.2. The van der Waals surface area contributed by atoms with Crippen molar-refractivity contribution in [2.24, 2.45) is 5.92 Å². The summed E-state index contributed by atoms with van der Waals surface area (Å²) >= 11 is 8.51. The van der Waals surface area contributed by atoms with Crippen LogP contribution < -0.4 is 20.9 Å². The van der Waals surface area contributed by atoms with Crippen LogP contribution in [0.3, 0.4) is 0 Å². The Labute approximate surface area is 212 Å². The van der Waals surface area contributed by atoms with E-state index in [9.17, 15) is 14.4 Å². The Kier molecular flexibility index (Phi) is 9.41. The van der Waals surface area contributed by atoms with Crippen molar-refractivity contribution in [1.82, 2.24) is 21.1 Å². The number of rotatable bonds is 8. The lowest BCUT2D eigenvalue weighted by Crippen LogP contribution is -2.50. The maximum absolute atomic E-state index is 12.7. The molecule has 3 amide bonds. The van der Waals surface area contributed by atoms with E-state index in [2.05, 4.69) is 39.0 Å². The molecule has 2 aromatic rings. The molecule has 0 saturated carbocycles. The first-order chi connectivity index (χ1) is 16.4. The van der Waals surface area contributed by atoms with E-state index in [0.29, 0.717) is 31.0 Å². The number of benzene rings is 2. The normalized spacial score (nSPS) is 15.1. The van der Waals surface area contributed by atoms with Crippen LogP contribution in [0.4, 0.5) is 0 Å². The number of nitrogens with zero attached hydrogens (tertiary/aromatic N) is 1. The topological polar surface area (TPSA) is 99.8 Å². The summed E-state index contributed by atoms with van der Waals surface area (Å²) in [5.41, 5.74) is 6.36. The van der Waals surface area contributed by atoms with Gasteiger partial charge in [0.15, 0.2) is 5.11 Å². The summed E-state index contributed by atoms with van der Waals surface area (Å²) in [6, 6.07) is 14.8. The third-order valence-corrected chi connectivity index (χ3v) is 5.97. The average molecular weight is 547 g/mol. The maximum atomic E-state index is 12.7. The SMILES string of the molecule is CCCCOc1ccc(Br)cc1C(=O)NC(=S)NNC(=O)C1CC(=O)N(Cc2ccccc2)C1. The highest BCUT2D eigenvalue weighted by Gasteiger charge is 2.34.